The molecule has 4 heteroatoms. The second-order valence-corrected chi connectivity index (χ2v) is 4.15. The molecule has 2 atom stereocenters. The minimum Gasteiger partial charge on any atom is -0.379 e. The highest BCUT2D eigenvalue weighted by molar-refractivity contribution is 7.84. The van der Waals surface area contributed by atoms with Crippen LogP contribution in [0.3, 0.4) is 0 Å². The molecule has 0 aliphatic rings. The van der Waals surface area contributed by atoms with E-state index in [1.54, 1.807) is 13.4 Å². The molecule has 12 heavy (non-hydrogen) atoms. The van der Waals surface area contributed by atoms with E-state index in [0.717, 1.165) is 13.0 Å². The van der Waals surface area contributed by atoms with Crippen LogP contribution in [0.5, 0.6) is 0 Å². The first kappa shape index (κ1) is 12.1. The maximum atomic E-state index is 10.8. The van der Waals surface area contributed by atoms with Gasteiger partial charge in [-0.05, 0) is 6.42 Å². The van der Waals surface area contributed by atoms with Gasteiger partial charge in [-0.2, -0.15) is 0 Å². The standard InChI is InChI=1S/C8H18O3S/c1-4-5-11-6-8(10-2)7-12(3)9/h8H,4-7H2,1-3H3. The zero-order chi connectivity index (χ0) is 9.40. The fraction of sp³-hybridized carbons (Fsp3) is 1.00. The third-order valence-corrected chi connectivity index (χ3v) is 2.25. The zero-order valence-electron chi connectivity index (χ0n) is 8.04. The van der Waals surface area contributed by atoms with Crippen LogP contribution in [0.25, 0.3) is 0 Å². The van der Waals surface area contributed by atoms with Crippen LogP contribution in [0.2, 0.25) is 0 Å². The smallest absolute Gasteiger partial charge is 0.0919 e. The highest BCUT2D eigenvalue weighted by Crippen LogP contribution is 1.94. The van der Waals surface area contributed by atoms with Crippen LogP contribution >= 0.6 is 0 Å². The van der Waals surface area contributed by atoms with Crippen LogP contribution in [0.4, 0.5) is 0 Å². The van der Waals surface area contributed by atoms with Crippen LogP contribution in [0.15, 0.2) is 0 Å². The maximum absolute atomic E-state index is 10.8. The molecular formula is C8H18O3S. The van der Waals surface area contributed by atoms with Crippen LogP contribution in [0.1, 0.15) is 13.3 Å². The molecule has 3 nitrogen and oxygen atoms in total. The molecule has 0 saturated carbocycles. The van der Waals surface area contributed by atoms with Crippen molar-refractivity contribution in [2.24, 2.45) is 0 Å². The number of hydrogen-bond donors (Lipinski definition) is 0. The van der Waals surface area contributed by atoms with E-state index >= 15 is 0 Å². The number of ether oxygens (including phenoxy) is 2. The summed E-state index contributed by atoms with van der Waals surface area (Å²) in [6.45, 7) is 3.35. The number of hydrogen-bond acceptors (Lipinski definition) is 3. The summed E-state index contributed by atoms with van der Waals surface area (Å²) in [5.74, 6) is 0.556. The molecule has 0 aromatic rings. The Morgan fingerprint density at radius 3 is 2.58 bits per heavy atom. The molecule has 0 aliphatic heterocycles. The molecule has 0 saturated heterocycles. The number of rotatable bonds is 7. The van der Waals surface area contributed by atoms with E-state index in [9.17, 15) is 4.21 Å². The van der Waals surface area contributed by atoms with Gasteiger partial charge in [0.25, 0.3) is 0 Å². The summed E-state index contributed by atoms with van der Waals surface area (Å²) in [5.41, 5.74) is 0. The van der Waals surface area contributed by atoms with Crippen molar-refractivity contribution in [2.45, 2.75) is 19.4 Å². The van der Waals surface area contributed by atoms with Crippen molar-refractivity contribution in [3.8, 4) is 0 Å². The molecular weight excluding hydrogens is 176 g/mol. The Balaban J connectivity index is 3.46. The summed E-state index contributed by atoms with van der Waals surface area (Å²) >= 11 is 0. The third-order valence-electron chi connectivity index (χ3n) is 1.41. The van der Waals surface area contributed by atoms with E-state index < -0.39 is 10.8 Å². The van der Waals surface area contributed by atoms with E-state index in [4.69, 9.17) is 9.47 Å². The van der Waals surface area contributed by atoms with Gasteiger partial charge in [-0.25, -0.2) is 0 Å². The van der Waals surface area contributed by atoms with Gasteiger partial charge in [0.1, 0.15) is 0 Å². The van der Waals surface area contributed by atoms with Crippen LogP contribution in [-0.2, 0) is 20.3 Å². The Labute approximate surface area is 76.9 Å². The molecule has 0 radical (unpaired) electrons. The lowest BCUT2D eigenvalue weighted by atomic mass is 10.4. The normalized spacial score (nSPS) is 15.9. The second-order valence-electron chi connectivity index (χ2n) is 2.67. The zero-order valence-corrected chi connectivity index (χ0v) is 8.86. The van der Waals surface area contributed by atoms with Gasteiger partial charge in [-0.1, -0.05) is 6.92 Å². The third kappa shape index (κ3) is 6.76. The molecule has 0 heterocycles. The van der Waals surface area contributed by atoms with Gasteiger partial charge in [0.15, 0.2) is 0 Å². The Bertz CT molecular complexity index is 127. The molecule has 0 aromatic heterocycles. The lowest BCUT2D eigenvalue weighted by Crippen LogP contribution is -2.25. The molecule has 0 amide bonds. The van der Waals surface area contributed by atoms with Gasteiger partial charge < -0.3 is 9.47 Å². The Kier molecular flexibility index (Phi) is 7.75. The Morgan fingerprint density at radius 2 is 2.17 bits per heavy atom. The summed E-state index contributed by atoms with van der Waals surface area (Å²) in [7, 11) is 0.812. The van der Waals surface area contributed by atoms with Gasteiger partial charge >= 0.3 is 0 Å². The quantitative estimate of drug-likeness (QED) is 0.563. The first-order valence-corrected chi connectivity index (χ1v) is 5.84. The molecule has 2 unspecified atom stereocenters. The van der Waals surface area contributed by atoms with Gasteiger partial charge in [0.2, 0.25) is 0 Å². The predicted octanol–water partition coefficient (Wildman–Crippen LogP) is 0.806. The van der Waals surface area contributed by atoms with E-state index in [-0.39, 0.29) is 6.10 Å². The molecule has 0 N–H and O–H groups in total. The van der Waals surface area contributed by atoms with Crippen molar-refractivity contribution in [2.75, 3.05) is 32.3 Å². The van der Waals surface area contributed by atoms with Gasteiger partial charge in [0, 0.05) is 30.8 Å². The summed E-state index contributed by atoms with van der Waals surface area (Å²) in [4.78, 5) is 0. The lowest BCUT2D eigenvalue weighted by molar-refractivity contribution is 0.0210. The van der Waals surface area contributed by atoms with Crippen molar-refractivity contribution in [1.82, 2.24) is 0 Å². The highest BCUT2D eigenvalue weighted by Gasteiger charge is 2.08. The monoisotopic (exact) mass is 194 g/mol. The minimum absolute atomic E-state index is 0.0256. The number of methoxy groups -OCH3 is 1. The molecule has 0 aromatic carbocycles. The van der Waals surface area contributed by atoms with Gasteiger partial charge in [-0.3, -0.25) is 4.21 Å². The molecule has 0 rings (SSSR count). The average molecular weight is 194 g/mol. The average Bonchev–Trinajstić information content (AvgIpc) is 2.02. The maximum Gasteiger partial charge on any atom is 0.0919 e. The first-order chi connectivity index (χ1) is 5.70. The summed E-state index contributed by atoms with van der Waals surface area (Å²) in [6, 6.07) is 0. The summed E-state index contributed by atoms with van der Waals surface area (Å²) in [5, 5.41) is 0. The van der Waals surface area contributed by atoms with Gasteiger partial charge in [0.05, 0.1) is 18.5 Å². The first-order valence-electron chi connectivity index (χ1n) is 4.11. The fourth-order valence-electron chi connectivity index (χ4n) is 0.805. The Morgan fingerprint density at radius 1 is 1.50 bits per heavy atom. The van der Waals surface area contributed by atoms with Crippen molar-refractivity contribution in [1.29, 1.82) is 0 Å². The lowest BCUT2D eigenvalue weighted by Gasteiger charge is -2.13. The fourth-order valence-corrected chi connectivity index (χ4v) is 1.56. The molecule has 74 valence electrons. The van der Waals surface area contributed by atoms with E-state index in [2.05, 4.69) is 6.92 Å². The van der Waals surface area contributed by atoms with E-state index in [1.165, 1.54) is 0 Å². The van der Waals surface area contributed by atoms with Crippen LogP contribution in [-0.4, -0.2) is 42.6 Å². The summed E-state index contributed by atoms with van der Waals surface area (Å²) in [6.07, 6.45) is 2.65. The van der Waals surface area contributed by atoms with E-state index in [1.807, 2.05) is 0 Å². The molecule has 0 bridgehead atoms. The van der Waals surface area contributed by atoms with Crippen molar-refractivity contribution >= 4 is 10.8 Å². The van der Waals surface area contributed by atoms with Crippen LogP contribution in [0, 0.1) is 0 Å². The van der Waals surface area contributed by atoms with Crippen LogP contribution < -0.4 is 0 Å². The second kappa shape index (κ2) is 7.71. The highest BCUT2D eigenvalue weighted by atomic mass is 32.2. The molecule has 0 aliphatic carbocycles. The van der Waals surface area contributed by atoms with Crippen molar-refractivity contribution < 1.29 is 13.7 Å². The largest absolute Gasteiger partial charge is 0.379 e. The molecule has 0 spiro atoms. The minimum atomic E-state index is -0.806. The van der Waals surface area contributed by atoms with Crippen molar-refractivity contribution in [3.05, 3.63) is 0 Å². The SMILES string of the molecule is CCCOCC(CS(C)=O)OC. The van der Waals surface area contributed by atoms with Crippen molar-refractivity contribution in [3.63, 3.8) is 0 Å². The summed E-state index contributed by atoms with van der Waals surface area (Å²) < 4.78 is 21.2. The van der Waals surface area contributed by atoms with Gasteiger partial charge in [-0.15, -0.1) is 0 Å². The molecule has 0 fully saturated rings. The topological polar surface area (TPSA) is 35.5 Å². The van der Waals surface area contributed by atoms with E-state index in [0.29, 0.717) is 12.4 Å². The predicted molar refractivity (Wildman–Crippen MR) is 50.8 cm³/mol. The Hall–Kier alpha value is 0.0700.